The van der Waals surface area contributed by atoms with Gasteiger partial charge in [0.2, 0.25) is 5.95 Å². The van der Waals surface area contributed by atoms with Crippen LogP contribution in [-0.2, 0) is 25.6 Å². The Morgan fingerprint density at radius 1 is 1.58 bits per heavy atom. The minimum absolute atomic E-state index is 0. The summed E-state index contributed by atoms with van der Waals surface area (Å²) in [6, 6.07) is 0. The second-order valence-corrected chi connectivity index (χ2v) is 7.85. The van der Waals surface area contributed by atoms with Crippen molar-refractivity contribution < 1.29 is 53.3 Å². The molecule has 4 rings (SSSR count). The van der Waals surface area contributed by atoms with Crippen molar-refractivity contribution in [1.82, 2.24) is 19.5 Å². The summed E-state index contributed by atoms with van der Waals surface area (Å²) in [4.78, 5) is 33.8. The van der Waals surface area contributed by atoms with Gasteiger partial charge in [0.05, 0.1) is 12.9 Å². The zero-order chi connectivity index (χ0) is 16.4. The zero-order valence-electron chi connectivity index (χ0n) is 12.4. The Morgan fingerprint density at radius 3 is 3.08 bits per heavy atom. The topological polar surface area (TPSA) is 161 Å². The molecule has 24 heavy (non-hydrogen) atoms. The number of aliphatic hydroxyl groups is 1. The second-order valence-electron chi connectivity index (χ2n) is 5.14. The number of aromatic amines is 1. The van der Waals surface area contributed by atoms with Crippen molar-refractivity contribution in [3.05, 3.63) is 16.7 Å². The van der Waals surface area contributed by atoms with Crippen LogP contribution in [0, 0.1) is 0 Å². The quantitative estimate of drug-likeness (QED) is 0.321. The molecule has 11 nitrogen and oxygen atoms in total. The first-order valence-corrected chi connectivity index (χ1v) is 9.11. The number of nitrogens with two attached hydrogens (primary N) is 1. The molecule has 0 aliphatic carbocycles. The van der Waals surface area contributed by atoms with Gasteiger partial charge in [-0.15, -0.1) is 0 Å². The molecule has 0 amide bonds. The predicted molar refractivity (Wildman–Crippen MR) is 77.6 cm³/mol. The maximum atomic E-state index is 11.8. The van der Waals surface area contributed by atoms with Crippen LogP contribution in [0.15, 0.2) is 11.1 Å². The Hall–Kier alpha value is -0.400. The summed E-state index contributed by atoms with van der Waals surface area (Å²) < 4.78 is 17.1. The van der Waals surface area contributed by atoms with Crippen molar-refractivity contribution >= 4 is 35.6 Å². The number of imidazole rings is 1. The van der Waals surface area contributed by atoms with Crippen LogP contribution >= 0.6 is 6.72 Å². The van der Waals surface area contributed by atoms with Crippen LogP contribution in [0.4, 0.5) is 5.95 Å². The normalized spacial score (nSPS) is 35.6. The molecule has 2 fully saturated rings. The molecule has 5 atom stereocenters. The molecule has 0 aromatic carbocycles. The number of nitrogens with zero attached hydrogens (tertiary/aromatic N) is 3. The van der Waals surface area contributed by atoms with Crippen molar-refractivity contribution in [2.75, 3.05) is 12.3 Å². The number of fused-ring (bicyclic) bond motifs is 2. The molecule has 124 valence electrons. The van der Waals surface area contributed by atoms with Crippen molar-refractivity contribution in [2.45, 2.75) is 24.5 Å². The Labute approximate surface area is 161 Å². The van der Waals surface area contributed by atoms with Crippen molar-refractivity contribution in [2.24, 2.45) is 0 Å². The van der Waals surface area contributed by atoms with Crippen molar-refractivity contribution in [1.29, 1.82) is 0 Å². The van der Waals surface area contributed by atoms with Gasteiger partial charge in [0, 0.05) is 0 Å². The molecule has 0 spiro atoms. The number of nitrogens with one attached hydrogen (secondary N) is 1. The van der Waals surface area contributed by atoms with Gasteiger partial charge in [0.15, 0.2) is 17.4 Å². The fraction of sp³-hybridized carbons (Fsp3) is 0.500. The molecular formula is C10H11N5NaO6PS. The molecular weight excluding hydrogens is 372 g/mol. The molecule has 0 bridgehead atoms. The summed E-state index contributed by atoms with van der Waals surface area (Å²) >= 11 is 4.67. The SMILES string of the molecule is Nc1nc2c(ncn2[C@@H]2O[C@@H]3COP([O-])(=S)O[C@H]3[C@H]2O)c(=O)[nH]1.[Na+]. The maximum absolute atomic E-state index is 11.8. The number of rotatable bonds is 1. The number of nitrogen functional groups attached to an aromatic ring is 1. The first kappa shape index (κ1) is 18.4. The number of H-pyrrole nitrogens is 1. The number of aliphatic hydroxyl groups excluding tert-OH is 1. The third-order valence-electron chi connectivity index (χ3n) is 3.68. The van der Waals surface area contributed by atoms with Gasteiger partial charge in [-0.1, -0.05) is 11.8 Å². The van der Waals surface area contributed by atoms with Gasteiger partial charge < -0.3 is 29.5 Å². The number of hydrogen-bond acceptors (Lipinski definition) is 10. The third kappa shape index (κ3) is 2.97. The summed E-state index contributed by atoms with van der Waals surface area (Å²) in [5.74, 6) is -0.0937. The summed E-state index contributed by atoms with van der Waals surface area (Å²) in [6.45, 7) is -3.70. The summed E-state index contributed by atoms with van der Waals surface area (Å²) in [7, 11) is 0. The van der Waals surface area contributed by atoms with E-state index in [0.29, 0.717) is 0 Å². The number of anilines is 1. The average Bonchev–Trinajstić information content (AvgIpc) is 3.00. The van der Waals surface area contributed by atoms with E-state index >= 15 is 0 Å². The molecule has 4 heterocycles. The van der Waals surface area contributed by atoms with E-state index in [4.69, 9.17) is 19.5 Å². The molecule has 14 heteroatoms. The summed E-state index contributed by atoms with van der Waals surface area (Å²) in [5, 5.41) is 10.4. The molecule has 0 radical (unpaired) electrons. The molecule has 2 aliphatic heterocycles. The van der Waals surface area contributed by atoms with Crippen LogP contribution in [0.25, 0.3) is 11.2 Å². The zero-order valence-corrected chi connectivity index (χ0v) is 16.1. The van der Waals surface area contributed by atoms with Gasteiger partial charge >= 0.3 is 29.6 Å². The minimum Gasteiger partial charge on any atom is -0.780 e. The van der Waals surface area contributed by atoms with Gasteiger partial charge in [0.1, 0.15) is 25.0 Å². The molecule has 2 aliphatic rings. The van der Waals surface area contributed by atoms with Gasteiger partial charge in [-0.3, -0.25) is 14.3 Å². The fourth-order valence-corrected chi connectivity index (χ4v) is 4.12. The largest absolute Gasteiger partial charge is 1.00 e. The van der Waals surface area contributed by atoms with E-state index in [0.717, 1.165) is 0 Å². The Balaban J connectivity index is 0.00000169. The molecule has 2 saturated heterocycles. The summed E-state index contributed by atoms with van der Waals surface area (Å²) in [6.07, 6.45) is -2.42. The first-order chi connectivity index (χ1) is 10.9. The van der Waals surface area contributed by atoms with E-state index in [1.54, 1.807) is 0 Å². The van der Waals surface area contributed by atoms with Gasteiger partial charge in [-0.05, 0) is 0 Å². The molecule has 0 saturated carbocycles. The molecule has 1 unspecified atom stereocenters. The molecule has 4 N–H and O–H groups in total. The number of hydrogen-bond donors (Lipinski definition) is 3. The minimum atomic E-state index is -3.63. The van der Waals surface area contributed by atoms with Crippen LogP contribution in [0.5, 0.6) is 0 Å². The van der Waals surface area contributed by atoms with Crippen LogP contribution in [-0.4, -0.2) is 49.5 Å². The van der Waals surface area contributed by atoms with E-state index in [-0.39, 0.29) is 53.3 Å². The average molecular weight is 383 g/mol. The van der Waals surface area contributed by atoms with E-state index in [9.17, 15) is 14.8 Å². The molecule has 2 aromatic heterocycles. The maximum Gasteiger partial charge on any atom is 1.00 e. The van der Waals surface area contributed by atoms with Gasteiger partial charge in [0.25, 0.3) is 5.56 Å². The van der Waals surface area contributed by atoms with Crippen molar-refractivity contribution in [3.63, 3.8) is 0 Å². The number of ether oxygens (including phenoxy) is 1. The van der Waals surface area contributed by atoms with E-state index in [2.05, 4.69) is 26.8 Å². The second kappa shape index (κ2) is 6.40. The van der Waals surface area contributed by atoms with E-state index < -0.39 is 36.8 Å². The monoisotopic (exact) mass is 383 g/mol. The van der Waals surface area contributed by atoms with Crippen LogP contribution in [0.2, 0.25) is 0 Å². The smallest absolute Gasteiger partial charge is 0.780 e. The van der Waals surface area contributed by atoms with Crippen LogP contribution < -0.4 is 45.7 Å². The number of aromatic nitrogens is 4. The first-order valence-electron chi connectivity index (χ1n) is 6.55. The van der Waals surface area contributed by atoms with Gasteiger partial charge in [-0.25, -0.2) is 4.98 Å². The Bertz CT molecular complexity index is 890. The predicted octanol–water partition coefficient (Wildman–Crippen LogP) is -5.04. The van der Waals surface area contributed by atoms with Gasteiger partial charge in [-0.2, -0.15) is 4.98 Å². The Kier molecular flexibility index (Phi) is 4.90. The van der Waals surface area contributed by atoms with E-state index in [1.165, 1.54) is 10.9 Å². The third-order valence-corrected chi connectivity index (χ3v) is 5.22. The van der Waals surface area contributed by atoms with Crippen LogP contribution in [0.3, 0.4) is 0 Å². The fourth-order valence-electron chi connectivity index (χ4n) is 2.69. The molecule has 2 aromatic rings. The van der Waals surface area contributed by atoms with E-state index in [1.807, 2.05) is 0 Å². The summed E-state index contributed by atoms with van der Waals surface area (Å²) in [5.41, 5.74) is 5.22. The van der Waals surface area contributed by atoms with Crippen LogP contribution in [0.1, 0.15) is 6.23 Å². The van der Waals surface area contributed by atoms with Crippen molar-refractivity contribution in [3.8, 4) is 0 Å². The Morgan fingerprint density at radius 2 is 2.33 bits per heavy atom. The standard InChI is InChI=1S/C10H12N5O6PS.Na/c11-10-13-7-4(8(17)14-10)12-2-15(7)9-5(16)6-3(20-9)1-19-22(18,23)21-6;/h2-3,5-6,9,16H,1H2,(H,18,23)(H3,11,13,14,17);/q;+1/p-1/t3-,5-,6-,9-,22?;/m1./s1.